The number of thioether (sulfide) groups is 1. The topological polar surface area (TPSA) is 74.1 Å². The fraction of sp³-hybridized carbons (Fsp3) is 0.125. The first-order chi connectivity index (χ1) is 12.5. The quantitative estimate of drug-likeness (QED) is 0.345. The van der Waals surface area contributed by atoms with E-state index >= 15 is 0 Å². The van der Waals surface area contributed by atoms with Crippen LogP contribution < -0.4 is 5.56 Å². The number of benzene rings is 2. The molecule has 1 heterocycles. The molecule has 3 aromatic rings. The fourth-order valence-corrected chi connectivity index (χ4v) is 3.54. The average molecular weight is 431 g/mol. The maximum atomic E-state index is 12.3. The zero-order chi connectivity index (χ0) is 18.7. The number of esters is 1. The third-order valence-electron chi connectivity index (χ3n) is 3.32. The standard InChI is InChI=1S/C16H10Cl3N3O3S/c17-10-5-6-12(15(19)14(10)18)26-7-13(23)25-8-22-16(24)9-3-1-2-4-11(9)20-21-22/h1-6H,7-8H2. The van der Waals surface area contributed by atoms with Crippen LogP contribution in [0.25, 0.3) is 10.9 Å². The third-order valence-corrected chi connectivity index (χ3v) is 5.76. The molecule has 0 bridgehead atoms. The van der Waals surface area contributed by atoms with Crippen molar-refractivity contribution in [2.45, 2.75) is 11.6 Å². The van der Waals surface area contributed by atoms with E-state index < -0.39 is 5.97 Å². The van der Waals surface area contributed by atoms with Gasteiger partial charge in [0.15, 0.2) is 6.73 Å². The first kappa shape index (κ1) is 19.0. The lowest BCUT2D eigenvalue weighted by Gasteiger charge is -2.08. The Balaban J connectivity index is 1.62. The molecule has 0 radical (unpaired) electrons. The van der Waals surface area contributed by atoms with Crippen LogP contribution in [0.15, 0.2) is 46.1 Å². The molecule has 0 N–H and O–H groups in total. The van der Waals surface area contributed by atoms with E-state index in [9.17, 15) is 9.59 Å². The summed E-state index contributed by atoms with van der Waals surface area (Å²) in [4.78, 5) is 24.8. The molecule has 0 atom stereocenters. The summed E-state index contributed by atoms with van der Waals surface area (Å²) in [5.74, 6) is -0.563. The van der Waals surface area contributed by atoms with Crippen LogP contribution in [0, 0.1) is 0 Å². The number of halogens is 3. The Labute approximate surface area is 167 Å². The molecular formula is C16H10Cl3N3O3S. The minimum absolute atomic E-state index is 0.0204. The molecule has 0 saturated heterocycles. The van der Waals surface area contributed by atoms with Crippen LogP contribution in [0.4, 0.5) is 0 Å². The van der Waals surface area contributed by atoms with Gasteiger partial charge in [0.05, 0.1) is 26.2 Å². The second-order valence-electron chi connectivity index (χ2n) is 5.02. The Morgan fingerprint density at radius 1 is 1.12 bits per heavy atom. The van der Waals surface area contributed by atoms with Crippen molar-refractivity contribution in [2.75, 3.05) is 5.75 Å². The van der Waals surface area contributed by atoms with Crippen molar-refractivity contribution in [3.05, 3.63) is 61.8 Å². The molecule has 1 aromatic heterocycles. The lowest BCUT2D eigenvalue weighted by molar-refractivity contribution is -0.144. The van der Waals surface area contributed by atoms with Gasteiger partial charge in [-0.3, -0.25) is 9.59 Å². The summed E-state index contributed by atoms with van der Waals surface area (Å²) in [5, 5.41) is 8.89. The number of aromatic nitrogens is 3. The van der Waals surface area contributed by atoms with Crippen molar-refractivity contribution in [3.63, 3.8) is 0 Å². The van der Waals surface area contributed by atoms with Crippen molar-refractivity contribution >= 4 is 63.4 Å². The summed E-state index contributed by atoms with van der Waals surface area (Å²) in [5.41, 5.74) is 0.0912. The van der Waals surface area contributed by atoms with Gasteiger partial charge in [-0.05, 0) is 24.3 Å². The highest BCUT2D eigenvalue weighted by molar-refractivity contribution is 8.00. The molecular weight excluding hydrogens is 421 g/mol. The first-order valence-electron chi connectivity index (χ1n) is 7.22. The van der Waals surface area contributed by atoms with Gasteiger partial charge in [-0.15, -0.1) is 16.9 Å². The summed E-state index contributed by atoms with van der Waals surface area (Å²) in [6.07, 6.45) is 0. The number of carbonyl (C=O) groups is 1. The maximum Gasteiger partial charge on any atom is 0.318 e. The van der Waals surface area contributed by atoms with E-state index in [2.05, 4.69) is 10.3 Å². The maximum absolute atomic E-state index is 12.3. The Morgan fingerprint density at radius 2 is 1.88 bits per heavy atom. The van der Waals surface area contributed by atoms with Gasteiger partial charge in [0, 0.05) is 4.90 Å². The summed E-state index contributed by atoms with van der Waals surface area (Å²) >= 11 is 19.0. The molecule has 2 aromatic carbocycles. The zero-order valence-electron chi connectivity index (χ0n) is 13.0. The number of hydrogen-bond acceptors (Lipinski definition) is 6. The number of hydrogen-bond donors (Lipinski definition) is 0. The summed E-state index contributed by atoms with van der Waals surface area (Å²) in [7, 11) is 0. The van der Waals surface area contributed by atoms with Gasteiger partial charge in [-0.1, -0.05) is 52.1 Å². The SMILES string of the molecule is O=C(CSc1ccc(Cl)c(Cl)c1Cl)OCn1nnc2ccccc2c1=O. The van der Waals surface area contributed by atoms with Gasteiger partial charge in [0.1, 0.15) is 5.52 Å². The molecule has 6 nitrogen and oxygen atoms in total. The molecule has 0 aliphatic carbocycles. The van der Waals surface area contributed by atoms with Crippen LogP contribution in [0.3, 0.4) is 0 Å². The van der Waals surface area contributed by atoms with E-state index in [0.29, 0.717) is 20.8 Å². The van der Waals surface area contributed by atoms with Crippen LogP contribution >= 0.6 is 46.6 Å². The number of rotatable bonds is 5. The Morgan fingerprint density at radius 3 is 2.69 bits per heavy atom. The highest BCUT2D eigenvalue weighted by atomic mass is 35.5. The van der Waals surface area contributed by atoms with Gasteiger partial charge in [-0.25, -0.2) is 0 Å². The minimum atomic E-state index is -0.543. The van der Waals surface area contributed by atoms with Gasteiger partial charge < -0.3 is 4.74 Å². The van der Waals surface area contributed by atoms with E-state index in [1.807, 2.05) is 0 Å². The minimum Gasteiger partial charge on any atom is -0.441 e. The summed E-state index contributed by atoms with van der Waals surface area (Å²) in [6.45, 7) is -0.328. The molecule has 0 fully saturated rings. The van der Waals surface area contributed by atoms with E-state index in [4.69, 9.17) is 39.5 Å². The van der Waals surface area contributed by atoms with Crippen molar-refractivity contribution < 1.29 is 9.53 Å². The van der Waals surface area contributed by atoms with Gasteiger partial charge in [0.25, 0.3) is 5.56 Å². The van der Waals surface area contributed by atoms with Gasteiger partial charge in [-0.2, -0.15) is 4.68 Å². The van der Waals surface area contributed by atoms with Crippen molar-refractivity contribution in [3.8, 4) is 0 Å². The van der Waals surface area contributed by atoms with Crippen molar-refractivity contribution in [1.29, 1.82) is 0 Å². The van der Waals surface area contributed by atoms with Crippen LogP contribution in [0.2, 0.25) is 15.1 Å². The van der Waals surface area contributed by atoms with Crippen molar-refractivity contribution in [1.82, 2.24) is 15.0 Å². The monoisotopic (exact) mass is 429 g/mol. The predicted octanol–water partition coefficient (Wildman–Crippen LogP) is 4.04. The smallest absolute Gasteiger partial charge is 0.318 e. The van der Waals surface area contributed by atoms with E-state index in [1.165, 1.54) is 0 Å². The average Bonchev–Trinajstić information content (AvgIpc) is 2.65. The molecule has 0 aliphatic heterocycles. The third kappa shape index (κ3) is 4.12. The molecule has 0 amide bonds. The Hall–Kier alpha value is -1.80. The van der Waals surface area contributed by atoms with E-state index in [-0.39, 0.29) is 28.1 Å². The van der Waals surface area contributed by atoms with Crippen LogP contribution in [0.5, 0.6) is 0 Å². The number of carbonyl (C=O) groups excluding carboxylic acids is 1. The van der Waals surface area contributed by atoms with Crippen LogP contribution in [-0.4, -0.2) is 26.7 Å². The second kappa shape index (κ2) is 8.26. The van der Waals surface area contributed by atoms with E-state index in [0.717, 1.165) is 16.4 Å². The van der Waals surface area contributed by atoms with E-state index in [1.54, 1.807) is 36.4 Å². The highest BCUT2D eigenvalue weighted by Crippen LogP contribution is 2.37. The molecule has 3 rings (SSSR count). The number of nitrogens with zero attached hydrogens (tertiary/aromatic N) is 3. The van der Waals surface area contributed by atoms with Crippen molar-refractivity contribution in [2.24, 2.45) is 0 Å². The zero-order valence-corrected chi connectivity index (χ0v) is 16.1. The fourth-order valence-electron chi connectivity index (χ4n) is 2.04. The Kier molecular flexibility index (Phi) is 6.03. The van der Waals surface area contributed by atoms with Gasteiger partial charge in [0.2, 0.25) is 0 Å². The first-order valence-corrected chi connectivity index (χ1v) is 9.34. The lowest BCUT2D eigenvalue weighted by Crippen LogP contribution is -2.26. The normalized spacial score (nSPS) is 10.9. The summed E-state index contributed by atoms with van der Waals surface area (Å²) in [6, 6.07) is 10.0. The molecule has 134 valence electrons. The molecule has 10 heteroatoms. The molecule has 0 aliphatic rings. The largest absolute Gasteiger partial charge is 0.441 e. The number of fused-ring (bicyclic) bond motifs is 1. The lowest BCUT2D eigenvalue weighted by atomic mass is 10.2. The van der Waals surface area contributed by atoms with Gasteiger partial charge >= 0.3 is 5.97 Å². The Bertz CT molecular complexity index is 1040. The second-order valence-corrected chi connectivity index (χ2v) is 7.20. The molecule has 0 saturated carbocycles. The summed E-state index contributed by atoms with van der Waals surface area (Å²) < 4.78 is 6.06. The predicted molar refractivity (Wildman–Crippen MR) is 102 cm³/mol. The van der Waals surface area contributed by atoms with Crippen LogP contribution in [-0.2, 0) is 16.3 Å². The molecule has 26 heavy (non-hydrogen) atoms. The molecule has 0 spiro atoms. The number of ether oxygens (including phenoxy) is 1. The highest BCUT2D eigenvalue weighted by Gasteiger charge is 2.12. The molecule has 0 unspecified atom stereocenters. The van der Waals surface area contributed by atoms with Crippen LogP contribution in [0.1, 0.15) is 0 Å².